The third-order valence-corrected chi connectivity index (χ3v) is 2.94. The number of nitro groups is 1. The number of carbonyl (C=O) groups is 1. The van der Waals surface area contributed by atoms with Crippen LogP contribution in [0.4, 0.5) is 5.69 Å². The molecule has 0 bridgehead atoms. The lowest BCUT2D eigenvalue weighted by Crippen LogP contribution is -2.04. The quantitative estimate of drug-likeness (QED) is 0.300. The largest absolute Gasteiger partial charge is 0.487 e. The van der Waals surface area contributed by atoms with Gasteiger partial charge in [-0.25, -0.2) is 0 Å². The summed E-state index contributed by atoms with van der Waals surface area (Å²) in [4.78, 5) is 21.4. The van der Waals surface area contributed by atoms with Gasteiger partial charge in [0.05, 0.1) is 18.1 Å². The van der Waals surface area contributed by atoms with Crippen molar-refractivity contribution in [1.29, 1.82) is 0 Å². The van der Waals surface area contributed by atoms with Crippen molar-refractivity contribution in [3.63, 3.8) is 0 Å². The first-order valence-corrected chi connectivity index (χ1v) is 7.14. The molecule has 0 aromatic heterocycles. The molecule has 0 N–H and O–H groups in total. The molecule has 1 aromatic rings. The number of hydrogen-bond donors (Lipinski definition) is 0. The standard InChI is InChI=1S/C14H18ClNO5/c1-2-20-14(17)6-4-3-5-9-21-13-8-7-11(15)10-12(13)16(18)19/h7-8,10H,2-6,9H2,1H3. The van der Waals surface area contributed by atoms with Crippen molar-refractivity contribution in [3.05, 3.63) is 33.3 Å². The van der Waals surface area contributed by atoms with E-state index in [2.05, 4.69) is 0 Å². The van der Waals surface area contributed by atoms with E-state index in [0.717, 1.165) is 6.42 Å². The fourth-order valence-electron chi connectivity index (χ4n) is 1.72. The van der Waals surface area contributed by atoms with Gasteiger partial charge in [-0.2, -0.15) is 0 Å². The molecular weight excluding hydrogens is 298 g/mol. The van der Waals surface area contributed by atoms with Crippen molar-refractivity contribution in [1.82, 2.24) is 0 Å². The molecule has 21 heavy (non-hydrogen) atoms. The van der Waals surface area contributed by atoms with E-state index in [1.54, 1.807) is 13.0 Å². The maximum absolute atomic E-state index is 11.1. The molecule has 0 atom stereocenters. The molecule has 0 aliphatic carbocycles. The summed E-state index contributed by atoms with van der Waals surface area (Å²) in [5, 5.41) is 11.2. The van der Waals surface area contributed by atoms with E-state index in [9.17, 15) is 14.9 Å². The summed E-state index contributed by atoms with van der Waals surface area (Å²) in [6, 6.07) is 4.29. The van der Waals surface area contributed by atoms with Crippen LogP contribution in [0.1, 0.15) is 32.6 Å². The Labute approximate surface area is 128 Å². The average Bonchev–Trinajstić information content (AvgIpc) is 2.44. The van der Waals surface area contributed by atoms with E-state index in [4.69, 9.17) is 21.1 Å². The number of nitrogens with zero attached hydrogens (tertiary/aromatic N) is 1. The summed E-state index contributed by atoms with van der Waals surface area (Å²) in [7, 11) is 0. The van der Waals surface area contributed by atoms with E-state index in [-0.39, 0.29) is 17.4 Å². The number of nitro benzene ring substituents is 1. The molecule has 1 aromatic carbocycles. The Morgan fingerprint density at radius 3 is 2.76 bits per heavy atom. The van der Waals surface area contributed by atoms with Crippen molar-refractivity contribution < 1.29 is 19.2 Å². The van der Waals surface area contributed by atoms with Gasteiger partial charge >= 0.3 is 11.7 Å². The lowest BCUT2D eigenvalue weighted by atomic mass is 10.2. The molecule has 0 aliphatic heterocycles. The van der Waals surface area contributed by atoms with Gasteiger partial charge in [0.2, 0.25) is 0 Å². The molecule has 116 valence electrons. The highest BCUT2D eigenvalue weighted by molar-refractivity contribution is 6.30. The summed E-state index contributed by atoms with van der Waals surface area (Å²) >= 11 is 5.71. The maximum Gasteiger partial charge on any atom is 0.312 e. The number of halogens is 1. The van der Waals surface area contributed by atoms with Gasteiger partial charge in [-0.15, -0.1) is 0 Å². The van der Waals surface area contributed by atoms with Crippen LogP contribution in [0.3, 0.4) is 0 Å². The minimum Gasteiger partial charge on any atom is -0.487 e. The van der Waals surface area contributed by atoms with Crippen LogP contribution in [0.15, 0.2) is 18.2 Å². The SMILES string of the molecule is CCOC(=O)CCCCCOc1ccc(Cl)cc1[N+](=O)[O-]. The van der Waals surface area contributed by atoms with Crippen LogP contribution in [0.2, 0.25) is 5.02 Å². The van der Waals surface area contributed by atoms with Crippen molar-refractivity contribution in [3.8, 4) is 5.75 Å². The first-order valence-electron chi connectivity index (χ1n) is 6.77. The van der Waals surface area contributed by atoms with Gasteiger partial charge in [0.25, 0.3) is 0 Å². The smallest absolute Gasteiger partial charge is 0.312 e. The maximum atomic E-state index is 11.1. The summed E-state index contributed by atoms with van der Waals surface area (Å²) in [6.07, 6.45) is 2.60. The van der Waals surface area contributed by atoms with E-state index in [1.807, 2.05) is 0 Å². The van der Waals surface area contributed by atoms with Crippen molar-refractivity contribution in [2.24, 2.45) is 0 Å². The van der Waals surface area contributed by atoms with Crippen LogP contribution in [-0.4, -0.2) is 24.1 Å². The molecule has 6 nitrogen and oxygen atoms in total. The van der Waals surface area contributed by atoms with E-state index >= 15 is 0 Å². The molecule has 0 heterocycles. The van der Waals surface area contributed by atoms with Crippen molar-refractivity contribution in [2.45, 2.75) is 32.6 Å². The molecule has 0 radical (unpaired) electrons. The third-order valence-electron chi connectivity index (χ3n) is 2.71. The second-order valence-corrected chi connectivity index (χ2v) is 4.77. The Morgan fingerprint density at radius 2 is 2.10 bits per heavy atom. The van der Waals surface area contributed by atoms with Crippen LogP contribution >= 0.6 is 11.6 Å². The summed E-state index contributed by atoms with van der Waals surface area (Å²) < 4.78 is 10.2. The van der Waals surface area contributed by atoms with Crippen molar-refractivity contribution in [2.75, 3.05) is 13.2 Å². The van der Waals surface area contributed by atoms with E-state index < -0.39 is 4.92 Å². The predicted molar refractivity (Wildman–Crippen MR) is 78.7 cm³/mol. The highest BCUT2D eigenvalue weighted by atomic mass is 35.5. The van der Waals surface area contributed by atoms with Gasteiger partial charge in [0.15, 0.2) is 5.75 Å². The summed E-state index contributed by atoms with van der Waals surface area (Å²) in [6.45, 7) is 2.51. The average molecular weight is 316 g/mol. The Balaban J connectivity index is 2.30. The normalized spacial score (nSPS) is 10.2. The first kappa shape index (κ1) is 17.2. The number of benzene rings is 1. The zero-order valence-corrected chi connectivity index (χ0v) is 12.6. The molecule has 1 rings (SSSR count). The predicted octanol–water partition coefficient (Wildman–Crippen LogP) is 3.75. The van der Waals surface area contributed by atoms with Crippen LogP contribution < -0.4 is 4.74 Å². The van der Waals surface area contributed by atoms with Gasteiger partial charge in [-0.1, -0.05) is 11.6 Å². The topological polar surface area (TPSA) is 78.7 Å². The molecule has 0 amide bonds. The van der Waals surface area contributed by atoms with Crippen LogP contribution in [0.25, 0.3) is 0 Å². The number of rotatable bonds is 9. The van der Waals surface area contributed by atoms with E-state index in [0.29, 0.717) is 37.5 Å². The summed E-state index contributed by atoms with van der Waals surface area (Å²) in [5.41, 5.74) is -0.144. The molecule has 0 saturated carbocycles. The Hall–Kier alpha value is -1.82. The fourth-order valence-corrected chi connectivity index (χ4v) is 1.89. The second-order valence-electron chi connectivity index (χ2n) is 4.33. The van der Waals surface area contributed by atoms with Gasteiger partial charge in [0, 0.05) is 17.5 Å². The van der Waals surface area contributed by atoms with Gasteiger partial charge in [-0.3, -0.25) is 14.9 Å². The van der Waals surface area contributed by atoms with Crippen LogP contribution in [-0.2, 0) is 9.53 Å². The van der Waals surface area contributed by atoms with Crippen molar-refractivity contribution >= 4 is 23.3 Å². The Kier molecular flexibility index (Phi) is 7.53. The molecule has 0 spiro atoms. The number of ether oxygens (including phenoxy) is 2. The fraction of sp³-hybridized carbons (Fsp3) is 0.500. The van der Waals surface area contributed by atoms with Gasteiger partial charge in [0.1, 0.15) is 0 Å². The zero-order valence-electron chi connectivity index (χ0n) is 11.8. The lowest BCUT2D eigenvalue weighted by molar-refractivity contribution is -0.385. The second kappa shape index (κ2) is 9.18. The number of unbranched alkanes of at least 4 members (excludes halogenated alkanes) is 2. The monoisotopic (exact) mass is 315 g/mol. The Bertz CT molecular complexity index is 492. The number of hydrogen-bond acceptors (Lipinski definition) is 5. The minimum atomic E-state index is -0.526. The molecule has 0 unspecified atom stereocenters. The molecule has 0 aliphatic rings. The third kappa shape index (κ3) is 6.44. The first-order chi connectivity index (χ1) is 10.0. The van der Waals surface area contributed by atoms with Crippen LogP contribution in [0.5, 0.6) is 5.75 Å². The van der Waals surface area contributed by atoms with Crippen LogP contribution in [0, 0.1) is 10.1 Å². The lowest BCUT2D eigenvalue weighted by Gasteiger charge is -2.07. The zero-order chi connectivity index (χ0) is 15.7. The Morgan fingerprint density at radius 1 is 1.33 bits per heavy atom. The van der Waals surface area contributed by atoms with E-state index in [1.165, 1.54) is 12.1 Å². The number of carbonyl (C=O) groups excluding carboxylic acids is 1. The van der Waals surface area contributed by atoms with Gasteiger partial charge < -0.3 is 9.47 Å². The van der Waals surface area contributed by atoms with Gasteiger partial charge in [-0.05, 0) is 38.3 Å². The molecular formula is C14H18ClNO5. The summed E-state index contributed by atoms with van der Waals surface area (Å²) in [5.74, 6) is 0.00144. The highest BCUT2D eigenvalue weighted by Gasteiger charge is 2.15. The molecule has 0 fully saturated rings. The molecule has 7 heteroatoms. The molecule has 0 saturated heterocycles. The number of esters is 1. The minimum absolute atomic E-state index is 0.144. The highest BCUT2D eigenvalue weighted by Crippen LogP contribution is 2.29.